The summed E-state index contributed by atoms with van der Waals surface area (Å²) in [5, 5.41) is 0.0891. The Morgan fingerprint density at radius 2 is 2.08 bits per heavy atom. The van der Waals surface area contributed by atoms with Gasteiger partial charge in [-0.05, 0) is 12.3 Å². The summed E-state index contributed by atoms with van der Waals surface area (Å²) in [5.41, 5.74) is 0. The molecule has 2 bridgehead atoms. The monoisotopic (exact) mass is 204 g/mol. The third-order valence-electron chi connectivity index (χ3n) is 2.82. The van der Waals surface area contributed by atoms with E-state index in [1.165, 1.54) is 0 Å². The highest BCUT2D eigenvalue weighted by molar-refractivity contribution is 7.96. The molecule has 3 heterocycles. The fraction of sp³-hybridized carbons (Fsp3) is 0.889. The Hall–Kier alpha value is -0.0600. The average molecular weight is 204 g/mol. The first-order valence-corrected chi connectivity index (χ1v) is 6.58. The molecule has 0 aromatic carbocycles. The van der Waals surface area contributed by atoms with Crippen molar-refractivity contribution in [1.29, 1.82) is 0 Å². The van der Waals surface area contributed by atoms with Crippen LogP contribution in [0.15, 0.2) is 0 Å². The van der Waals surface area contributed by atoms with Crippen LogP contribution in [0, 0.1) is 0 Å². The molecule has 0 aliphatic carbocycles. The van der Waals surface area contributed by atoms with Crippen molar-refractivity contribution in [2.75, 3.05) is 0 Å². The van der Waals surface area contributed by atoms with Crippen molar-refractivity contribution in [3.8, 4) is 0 Å². The Kier molecular flexibility index (Phi) is 2.17. The summed E-state index contributed by atoms with van der Waals surface area (Å²) < 4.78 is 22.5. The van der Waals surface area contributed by atoms with Crippen LogP contribution in [-0.2, 0) is 18.7 Å². The molecule has 4 heteroatoms. The molecule has 0 aromatic heterocycles. The maximum Gasteiger partial charge on any atom is 0.104 e. The van der Waals surface area contributed by atoms with Gasteiger partial charge in [-0.3, -0.25) is 4.18 Å². The van der Waals surface area contributed by atoms with E-state index in [0.29, 0.717) is 6.10 Å². The van der Waals surface area contributed by atoms with Gasteiger partial charge in [-0.2, -0.15) is 0 Å². The lowest BCUT2D eigenvalue weighted by atomic mass is 9.98. The zero-order chi connectivity index (χ0) is 9.64. The lowest BCUT2D eigenvalue weighted by Crippen LogP contribution is -2.27. The maximum atomic E-state index is 11.6. The standard InChI is InChI=1S/C7H10O3S.C2H6/c1-11(8)6-3-4-2-5(10-11)7(6)9-4;1-2/h4-7H,1-3H2;1-2H3. The van der Waals surface area contributed by atoms with E-state index in [2.05, 4.69) is 5.87 Å². The van der Waals surface area contributed by atoms with Crippen LogP contribution in [0.3, 0.4) is 0 Å². The third-order valence-corrected chi connectivity index (χ3v) is 4.78. The van der Waals surface area contributed by atoms with Crippen molar-refractivity contribution in [3.63, 3.8) is 0 Å². The van der Waals surface area contributed by atoms with E-state index in [1.54, 1.807) is 0 Å². The van der Waals surface area contributed by atoms with E-state index in [0.717, 1.165) is 12.8 Å². The minimum absolute atomic E-state index is 0.0868. The molecular weight excluding hydrogens is 188 g/mol. The van der Waals surface area contributed by atoms with Crippen molar-refractivity contribution in [1.82, 2.24) is 0 Å². The minimum atomic E-state index is -2.26. The Bertz CT molecular complexity index is 294. The SMILES string of the molecule is C=S1(=O)OC2CC3CC1C2O3.CC. The molecule has 0 N–H and O–H groups in total. The fourth-order valence-electron chi connectivity index (χ4n) is 2.36. The van der Waals surface area contributed by atoms with Gasteiger partial charge < -0.3 is 4.74 Å². The highest BCUT2D eigenvalue weighted by Gasteiger charge is 2.57. The summed E-state index contributed by atoms with van der Waals surface area (Å²) in [6.07, 6.45) is 2.31. The van der Waals surface area contributed by atoms with Gasteiger partial charge in [0.1, 0.15) is 12.2 Å². The van der Waals surface area contributed by atoms with Gasteiger partial charge in [0, 0.05) is 6.42 Å². The van der Waals surface area contributed by atoms with E-state index < -0.39 is 9.80 Å². The predicted molar refractivity (Wildman–Crippen MR) is 53.2 cm³/mol. The molecule has 13 heavy (non-hydrogen) atoms. The lowest BCUT2D eigenvalue weighted by molar-refractivity contribution is 0.0842. The number of fused-ring (bicyclic) bond motifs is 1. The molecule has 3 fully saturated rings. The summed E-state index contributed by atoms with van der Waals surface area (Å²) in [4.78, 5) is 0. The first kappa shape index (κ1) is 9.49. The zero-order valence-corrected chi connectivity index (χ0v) is 8.88. The van der Waals surface area contributed by atoms with E-state index in [1.807, 2.05) is 13.8 Å². The number of hydrogen-bond donors (Lipinski definition) is 0. The fourth-order valence-corrected chi connectivity index (χ4v) is 4.26. The van der Waals surface area contributed by atoms with Crippen molar-refractivity contribution in [2.24, 2.45) is 0 Å². The second-order valence-corrected chi connectivity index (χ2v) is 5.65. The topological polar surface area (TPSA) is 35.5 Å². The highest BCUT2D eigenvalue weighted by atomic mass is 32.2. The molecule has 0 amide bonds. The van der Waals surface area contributed by atoms with Crippen LogP contribution in [0.1, 0.15) is 26.7 Å². The molecule has 3 aliphatic heterocycles. The first-order valence-electron chi connectivity index (χ1n) is 4.86. The normalized spacial score (nSPS) is 56.2. The van der Waals surface area contributed by atoms with Crippen LogP contribution in [0.4, 0.5) is 0 Å². The van der Waals surface area contributed by atoms with E-state index in [-0.39, 0.29) is 17.5 Å². The smallest absolute Gasteiger partial charge is 0.104 e. The van der Waals surface area contributed by atoms with E-state index >= 15 is 0 Å². The van der Waals surface area contributed by atoms with Crippen LogP contribution in [-0.4, -0.2) is 33.6 Å². The van der Waals surface area contributed by atoms with Crippen LogP contribution in [0.25, 0.3) is 0 Å². The molecule has 3 nitrogen and oxygen atoms in total. The van der Waals surface area contributed by atoms with Gasteiger partial charge in [0.15, 0.2) is 0 Å². The molecule has 76 valence electrons. The molecule has 0 saturated carbocycles. The minimum Gasteiger partial charge on any atom is -0.371 e. The molecule has 0 spiro atoms. The summed E-state index contributed by atoms with van der Waals surface area (Å²) in [6.45, 7) is 4.00. The second-order valence-electron chi connectivity index (χ2n) is 3.53. The molecule has 3 aliphatic rings. The van der Waals surface area contributed by atoms with Gasteiger partial charge in [-0.1, -0.05) is 13.8 Å². The number of rotatable bonds is 0. The van der Waals surface area contributed by atoms with Crippen molar-refractivity contribution >= 4 is 15.7 Å². The Morgan fingerprint density at radius 3 is 2.54 bits per heavy atom. The van der Waals surface area contributed by atoms with Crippen LogP contribution < -0.4 is 0 Å². The summed E-state index contributed by atoms with van der Waals surface area (Å²) in [6, 6.07) is 0. The van der Waals surface area contributed by atoms with Crippen molar-refractivity contribution in [3.05, 3.63) is 0 Å². The third kappa shape index (κ3) is 1.23. The van der Waals surface area contributed by atoms with Crippen LogP contribution >= 0.6 is 0 Å². The van der Waals surface area contributed by atoms with E-state index in [4.69, 9.17) is 8.92 Å². The largest absolute Gasteiger partial charge is 0.371 e. The van der Waals surface area contributed by atoms with Gasteiger partial charge in [0.25, 0.3) is 0 Å². The van der Waals surface area contributed by atoms with Crippen LogP contribution in [0.2, 0.25) is 0 Å². The zero-order valence-electron chi connectivity index (χ0n) is 8.06. The van der Waals surface area contributed by atoms with E-state index in [9.17, 15) is 4.21 Å². The van der Waals surface area contributed by atoms with Gasteiger partial charge >= 0.3 is 0 Å². The maximum absolute atomic E-state index is 11.6. The van der Waals surface area contributed by atoms with Gasteiger partial charge in [-0.15, -0.1) is 0 Å². The Balaban J connectivity index is 0.000000308. The summed E-state index contributed by atoms with van der Waals surface area (Å²) >= 11 is 0. The van der Waals surface area contributed by atoms with Crippen molar-refractivity contribution in [2.45, 2.75) is 50.3 Å². The molecule has 5 unspecified atom stereocenters. The average Bonchev–Trinajstić information content (AvgIpc) is 2.67. The molecule has 3 saturated heterocycles. The molecule has 0 radical (unpaired) electrons. The number of ether oxygens (including phenoxy) is 1. The van der Waals surface area contributed by atoms with Crippen LogP contribution in [0.5, 0.6) is 0 Å². The molecular formula is C9H16O3S. The van der Waals surface area contributed by atoms with Gasteiger partial charge in [-0.25, -0.2) is 4.21 Å². The number of hydrogen-bond acceptors (Lipinski definition) is 3. The van der Waals surface area contributed by atoms with Crippen molar-refractivity contribution < 1.29 is 13.1 Å². The predicted octanol–water partition coefficient (Wildman–Crippen LogP) is 0.973. The molecule has 3 rings (SSSR count). The second kappa shape index (κ2) is 2.97. The quantitative estimate of drug-likeness (QED) is 0.552. The Morgan fingerprint density at radius 1 is 1.38 bits per heavy atom. The Labute approximate surface area is 79.6 Å². The summed E-state index contributed by atoms with van der Waals surface area (Å²) in [5.74, 6) is 3.61. The van der Waals surface area contributed by atoms with Gasteiger partial charge in [0.05, 0.1) is 21.2 Å². The molecule has 0 aromatic rings. The highest BCUT2D eigenvalue weighted by Crippen LogP contribution is 2.46. The lowest BCUT2D eigenvalue weighted by Gasteiger charge is -2.08. The molecule has 5 atom stereocenters. The first-order chi connectivity index (χ1) is 6.17. The summed E-state index contributed by atoms with van der Waals surface area (Å²) in [7, 11) is -2.26. The van der Waals surface area contributed by atoms with Gasteiger partial charge in [0.2, 0.25) is 0 Å².